The number of β-amino-alcohol motifs (C(OH)–C–C–N with tert-alkyl or cyclic N) is 1. The summed E-state index contributed by atoms with van der Waals surface area (Å²) in [6.45, 7) is 4.71. The molecule has 2 rings (SSSR count). The number of hydrogen-bond acceptors (Lipinski definition) is 5. The van der Waals surface area contributed by atoms with Crippen LogP contribution in [0.4, 0.5) is 0 Å². The van der Waals surface area contributed by atoms with E-state index in [-0.39, 0.29) is 18.4 Å². The highest BCUT2D eigenvalue weighted by atomic mass is 16.5. The van der Waals surface area contributed by atoms with Crippen LogP contribution in [0.2, 0.25) is 0 Å². The molecule has 0 spiro atoms. The fraction of sp³-hybridized carbons (Fsp3) is 0.667. The van der Waals surface area contributed by atoms with E-state index in [0.29, 0.717) is 24.7 Å². The lowest BCUT2D eigenvalue weighted by Gasteiger charge is -2.34. The van der Waals surface area contributed by atoms with E-state index in [1.807, 2.05) is 6.92 Å². The van der Waals surface area contributed by atoms with Crippen molar-refractivity contribution in [3.05, 3.63) is 11.8 Å². The first-order chi connectivity index (χ1) is 8.56. The van der Waals surface area contributed by atoms with Crippen molar-refractivity contribution in [1.82, 2.24) is 10.1 Å². The van der Waals surface area contributed by atoms with Crippen LogP contribution in [0.1, 0.15) is 19.1 Å². The summed E-state index contributed by atoms with van der Waals surface area (Å²) < 4.78 is 10.1. The second-order valence-corrected chi connectivity index (χ2v) is 4.74. The van der Waals surface area contributed by atoms with E-state index in [2.05, 4.69) is 5.16 Å². The first kappa shape index (κ1) is 12.9. The van der Waals surface area contributed by atoms with E-state index in [1.54, 1.807) is 17.9 Å². The monoisotopic (exact) mass is 254 g/mol. The topological polar surface area (TPSA) is 75.8 Å². The van der Waals surface area contributed by atoms with Crippen molar-refractivity contribution in [2.45, 2.75) is 26.4 Å². The maximum atomic E-state index is 11.9. The quantitative estimate of drug-likeness (QED) is 0.854. The first-order valence-corrected chi connectivity index (χ1v) is 6.08. The van der Waals surface area contributed by atoms with Crippen molar-refractivity contribution in [1.29, 1.82) is 0 Å². The van der Waals surface area contributed by atoms with Gasteiger partial charge in [0, 0.05) is 19.2 Å². The second kappa shape index (κ2) is 5.39. The third-order valence-corrected chi connectivity index (χ3v) is 3.22. The van der Waals surface area contributed by atoms with Crippen LogP contribution in [-0.4, -0.2) is 46.9 Å². The predicted octanol–water partition coefficient (Wildman–Crippen LogP) is 0.591. The van der Waals surface area contributed by atoms with Gasteiger partial charge in [-0.15, -0.1) is 0 Å². The molecule has 18 heavy (non-hydrogen) atoms. The third-order valence-electron chi connectivity index (χ3n) is 3.22. The van der Waals surface area contributed by atoms with Gasteiger partial charge in [-0.1, -0.05) is 6.92 Å². The van der Waals surface area contributed by atoms with Gasteiger partial charge in [-0.3, -0.25) is 4.79 Å². The summed E-state index contributed by atoms with van der Waals surface area (Å²) in [5, 5.41) is 13.4. The number of carbonyl (C=O) groups is 1. The fourth-order valence-corrected chi connectivity index (χ4v) is 1.91. The lowest BCUT2D eigenvalue weighted by Crippen LogP contribution is -2.47. The number of aromatic nitrogens is 1. The summed E-state index contributed by atoms with van der Waals surface area (Å²) in [6.07, 6.45) is 0.368. The van der Waals surface area contributed by atoms with Crippen LogP contribution in [0.25, 0.3) is 0 Å². The molecule has 6 nitrogen and oxygen atoms in total. The highest BCUT2D eigenvalue weighted by Gasteiger charge is 2.27. The van der Waals surface area contributed by atoms with E-state index in [0.717, 1.165) is 6.42 Å². The summed E-state index contributed by atoms with van der Waals surface area (Å²) in [4.78, 5) is 13.5. The van der Waals surface area contributed by atoms with Crippen molar-refractivity contribution in [2.24, 2.45) is 5.92 Å². The Bertz CT molecular complexity index is 418. The number of ether oxygens (including phenoxy) is 1. The normalized spacial score (nSPS) is 24.1. The molecule has 0 radical (unpaired) electrons. The van der Waals surface area contributed by atoms with E-state index in [4.69, 9.17) is 9.26 Å². The second-order valence-electron chi connectivity index (χ2n) is 4.74. The number of nitrogens with zero attached hydrogens (tertiary/aromatic N) is 2. The van der Waals surface area contributed by atoms with Gasteiger partial charge in [0.2, 0.25) is 0 Å². The van der Waals surface area contributed by atoms with Crippen LogP contribution in [0.15, 0.2) is 10.6 Å². The van der Waals surface area contributed by atoms with Crippen molar-refractivity contribution < 1.29 is 19.2 Å². The molecular formula is C12H18N2O4. The Morgan fingerprint density at radius 3 is 3.11 bits per heavy atom. The molecule has 2 heterocycles. The number of aliphatic hydroxyl groups is 1. The van der Waals surface area contributed by atoms with Gasteiger partial charge >= 0.3 is 0 Å². The summed E-state index contributed by atoms with van der Waals surface area (Å²) >= 11 is 0. The highest BCUT2D eigenvalue weighted by Crippen LogP contribution is 2.17. The van der Waals surface area contributed by atoms with Crippen molar-refractivity contribution in [3.63, 3.8) is 0 Å². The number of likely N-dealkylation sites (tertiary alicyclic amines) is 1. The Balaban J connectivity index is 1.81. The molecule has 2 unspecified atom stereocenters. The SMILES string of the molecule is Cc1cc(OCC(=O)N2CCC(C)C(O)C2)no1. The minimum absolute atomic E-state index is 0.0763. The van der Waals surface area contributed by atoms with E-state index in [9.17, 15) is 9.90 Å². The van der Waals surface area contributed by atoms with Gasteiger partial charge in [0.05, 0.1) is 6.10 Å². The molecule has 2 atom stereocenters. The molecule has 1 aromatic rings. The van der Waals surface area contributed by atoms with Crippen LogP contribution in [0, 0.1) is 12.8 Å². The van der Waals surface area contributed by atoms with Crippen LogP contribution in [0.5, 0.6) is 5.88 Å². The van der Waals surface area contributed by atoms with Crippen LogP contribution < -0.4 is 4.74 Å². The number of aryl methyl sites for hydroxylation is 1. The molecule has 0 bridgehead atoms. The molecule has 1 aliphatic rings. The molecule has 1 amide bonds. The number of hydrogen-bond donors (Lipinski definition) is 1. The Morgan fingerprint density at radius 1 is 1.72 bits per heavy atom. The summed E-state index contributed by atoms with van der Waals surface area (Å²) in [5.41, 5.74) is 0. The molecule has 100 valence electrons. The lowest BCUT2D eigenvalue weighted by atomic mass is 9.96. The summed E-state index contributed by atoms with van der Waals surface area (Å²) in [6, 6.07) is 1.63. The maximum Gasteiger partial charge on any atom is 0.260 e. The predicted molar refractivity (Wildman–Crippen MR) is 63.1 cm³/mol. The van der Waals surface area contributed by atoms with Gasteiger partial charge in [0.1, 0.15) is 5.76 Å². The van der Waals surface area contributed by atoms with Crippen LogP contribution in [-0.2, 0) is 4.79 Å². The Hall–Kier alpha value is -1.56. The first-order valence-electron chi connectivity index (χ1n) is 6.08. The molecule has 1 saturated heterocycles. The smallest absolute Gasteiger partial charge is 0.260 e. The van der Waals surface area contributed by atoms with E-state index < -0.39 is 6.10 Å². The van der Waals surface area contributed by atoms with Gasteiger partial charge < -0.3 is 19.3 Å². The Labute approximate surface area is 106 Å². The number of carbonyl (C=O) groups excluding carboxylic acids is 1. The molecule has 1 N–H and O–H groups in total. The number of rotatable bonds is 3. The lowest BCUT2D eigenvalue weighted by molar-refractivity contribution is -0.137. The zero-order valence-electron chi connectivity index (χ0n) is 10.6. The largest absolute Gasteiger partial charge is 0.465 e. The number of piperidine rings is 1. The Kier molecular flexibility index (Phi) is 3.86. The van der Waals surface area contributed by atoms with Gasteiger partial charge in [-0.2, -0.15) is 0 Å². The van der Waals surface area contributed by atoms with Gasteiger partial charge in [0.25, 0.3) is 11.8 Å². The van der Waals surface area contributed by atoms with E-state index in [1.165, 1.54) is 0 Å². The van der Waals surface area contributed by atoms with Crippen molar-refractivity contribution in [2.75, 3.05) is 19.7 Å². The van der Waals surface area contributed by atoms with Crippen LogP contribution in [0.3, 0.4) is 0 Å². The molecule has 0 saturated carbocycles. The van der Waals surface area contributed by atoms with Crippen molar-refractivity contribution in [3.8, 4) is 5.88 Å². The third kappa shape index (κ3) is 3.01. The van der Waals surface area contributed by atoms with Gasteiger partial charge in [-0.25, -0.2) is 0 Å². The fourth-order valence-electron chi connectivity index (χ4n) is 1.91. The minimum Gasteiger partial charge on any atom is -0.465 e. The molecule has 6 heteroatoms. The standard InChI is InChI=1S/C12H18N2O4/c1-8-3-4-14(6-10(8)15)12(16)7-17-11-5-9(2)18-13-11/h5,8,10,15H,3-4,6-7H2,1-2H3. The molecular weight excluding hydrogens is 236 g/mol. The molecule has 1 aromatic heterocycles. The average Bonchev–Trinajstić information content (AvgIpc) is 2.75. The maximum absolute atomic E-state index is 11.9. The van der Waals surface area contributed by atoms with Gasteiger partial charge in [-0.05, 0) is 24.4 Å². The minimum atomic E-state index is -0.447. The average molecular weight is 254 g/mol. The van der Waals surface area contributed by atoms with Crippen molar-refractivity contribution >= 4 is 5.91 Å². The summed E-state index contributed by atoms with van der Waals surface area (Å²) in [5.74, 6) is 1.06. The zero-order chi connectivity index (χ0) is 13.1. The van der Waals surface area contributed by atoms with Gasteiger partial charge in [0.15, 0.2) is 6.61 Å². The summed E-state index contributed by atoms with van der Waals surface area (Å²) in [7, 11) is 0. The van der Waals surface area contributed by atoms with Crippen LogP contribution >= 0.6 is 0 Å². The Morgan fingerprint density at radius 2 is 2.50 bits per heavy atom. The zero-order valence-corrected chi connectivity index (χ0v) is 10.6. The number of amides is 1. The molecule has 1 aliphatic heterocycles. The van der Waals surface area contributed by atoms with E-state index >= 15 is 0 Å². The molecule has 0 aliphatic carbocycles. The highest BCUT2D eigenvalue weighted by molar-refractivity contribution is 5.77. The number of aliphatic hydroxyl groups excluding tert-OH is 1. The molecule has 1 fully saturated rings. The molecule has 0 aromatic carbocycles.